The highest BCUT2D eigenvalue weighted by Gasteiger charge is 2.10. The first-order valence-corrected chi connectivity index (χ1v) is 7.38. The summed E-state index contributed by atoms with van der Waals surface area (Å²) in [5.74, 6) is 1.58. The molecular formula is C16H27NO3. The SMILES string of the molecule is CCOc1ccccc1OCCN(CCCO)C(C)C. The third kappa shape index (κ3) is 5.80. The fourth-order valence-electron chi connectivity index (χ4n) is 2.02. The van der Waals surface area contributed by atoms with Gasteiger partial charge in [-0.3, -0.25) is 4.90 Å². The highest BCUT2D eigenvalue weighted by molar-refractivity contribution is 5.39. The molecule has 1 aromatic carbocycles. The standard InChI is InChI=1S/C16H27NO3/c1-4-19-15-8-5-6-9-16(15)20-13-11-17(14(2)3)10-7-12-18/h5-6,8-9,14,18H,4,7,10-13H2,1-3H3. The summed E-state index contributed by atoms with van der Waals surface area (Å²) in [6.07, 6.45) is 0.799. The Hall–Kier alpha value is -1.26. The van der Waals surface area contributed by atoms with Gasteiger partial charge in [0.05, 0.1) is 6.61 Å². The molecule has 0 unspecified atom stereocenters. The van der Waals surface area contributed by atoms with E-state index in [1.54, 1.807) is 0 Å². The van der Waals surface area contributed by atoms with Gasteiger partial charge in [0.15, 0.2) is 11.5 Å². The minimum atomic E-state index is 0.233. The van der Waals surface area contributed by atoms with E-state index in [2.05, 4.69) is 18.7 Å². The van der Waals surface area contributed by atoms with E-state index in [0.29, 0.717) is 19.3 Å². The summed E-state index contributed by atoms with van der Waals surface area (Å²) in [6.45, 7) is 9.51. The Morgan fingerprint density at radius 1 is 1.10 bits per heavy atom. The van der Waals surface area contributed by atoms with Crippen molar-refractivity contribution in [2.75, 3.05) is 32.9 Å². The molecule has 0 radical (unpaired) electrons. The first kappa shape index (κ1) is 16.8. The number of hydrogen-bond acceptors (Lipinski definition) is 4. The normalized spacial score (nSPS) is 11.1. The van der Waals surface area contributed by atoms with Gasteiger partial charge in [0.1, 0.15) is 6.61 Å². The van der Waals surface area contributed by atoms with E-state index in [1.807, 2.05) is 31.2 Å². The molecule has 1 rings (SSSR count). The highest BCUT2D eigenvalue weighted by atomic mass is 16.5. The van der Waals surface area contributed by atoms with Crippen LogP contribution in [0, 0.1) is 0 Å². The molecule has 4 nitrogen and oxygen atoms in total. The molecule has 1 aromatic rings. The Bertz CT molecular complexity index is 368. The van der Waals surface area contributed by atoms with Gasteiger partial charge in [-0.25, -0.2) is 0 Å². The summed E-state index contributed by atoms with van der Waals surface area (Å²) < 4.78 is 11.4. The van der Waals surface area contributed by atoms with Crippen LogP contribution in [0.1, 0.15) is 27.2 Å². The van der Waals surface area contributed by atoms with Crippen LogP contribution in [0.25, 0.3) is 0 Å². The van der Waals surface area contributed by atoms with Crippen molar-refractivity contribution in [2.45, 2.75) is 33.2 Å². The van der Waals surface area contributed by atoms with Gasteiger partial charge in [-0.15, -0.1) is 0 Å². The minimum absolute atomic E-state index is 0.233. The molecule has 4 heteroatoms. The number of aliphatic hydroxyl groups is 1. The van der Waals surface area contributed by atoms with Crippen LogP contribution in [0.3, 0.4) is 0 Å². The van der Waals surface area contributed by atoms with Crippen molar-refractivity contribution in [2.24, 2.45) is 0 Å². The lowest BCUT2D eigenvalue weighted by Gasteiger charge is -2.26. The predicted molar refractivity (Wildman–Crippen MR) is 81.5 cm³/mol. The van der Waals surface area contributed by atoms with Crippen molar-refractivity contribution < 1.29 is 14.6 Å². The van der Waals surface area contributed by atoms with Crippen LogP contribution in [-0.2, 0) is 0 Å². The Labute approximate surface area is 122 Å². The molecular weight excluding hydrogens is 254 g/mol. The van der Waals surface area contributed by atoms with Gasteiger partial charge in [0.2, 0.25) is 0 Å². The van der Waals surface area contributed by atoms with E-state index in [0.717, 1.165) is 31.0 Å². The van der Waals surface area contributed by atoms with Crippen LogP contribution in [-0.4, -0.2) is 49.0 Å². The zero-order chi connectivity index (χ0) is 14.8. The second-order valence-corrected chi connectivity index (χ2v) is 4.94. The van der Waals surface area contributed by atoms with E-state index >= 15 is 0 Å². The molecule has 0 fully saturated rings. The number of nitrogens with zero attached hydrogens (tertiary/aromatic N) is 1. The molecule has 0 aromatic heterocycles. The molecule has 0 saturated heterocycles. The Morgan fingerprint density at radius 3 is 2.30 bits per heavy atom. The first-order chi connectivity index (χ1) is 9.69. The molecule has 0 bridgehead atoms. The molecule has 20 heavy (non-hydrogen) atoms. The van der Waals surface area contributed by atoms with Gasteiger partial charge >= 0.3 is 0 Å². The fourth-order valence-corrected chi connectivity index (χ4v) is 2.02. The van der Waals surface area contributed by atoms with Gasteiger partial charge in [0, 0.05) is 25.7 Å². The van der Waals surface area contributed by atoms with Crippen molar-refractivity contribution in [1.29, 1.82) is 0 Å². The molecule has 0 aliphatic carbocycles. The summed E-state index contributed by atoms with van der Waals surface area (Å²) in [7, 11) is 0. The largest absolute Gasteiger partial charge is 0.490 e. The van der Waals surface area contributed by atoms with Crippen LogP contribution < -0.4 is 9.47 Å². The van der Waals surface area contributed by atoms with Crippen molar-refractivity contribution in [1.82, 2.24) is 4.90 Å². The first-order valence-electron chi connectivity index (χ1n) is 7.38. The number of aliphatic hydroxyl groups excluding tert-OH is 1. The van der Waals surface area contributed by atoms with E-state index < -0.39 is 0 Å². The molecule has 0 spiro atoms. The van der Waals surface area contributed by atoms with Gasteiger partial charge in [-0.05, 0) is 39.3 Å². The Balaban J connectivity index is 2.45. The Morgan fingerprint density at radius 2 is 1.75 bits per heavy atom. The molecule has 0 heterocycles. The van der Waals surface area contributed by atoms with Gasteiger partial charge in [-0.1, -0.05) is 12.1 Å². The second kappa shape index (κ2) is 9.61. The van der Waals surface area contributed by atoms with Crippen molar-refractivity contribution >= 4 is 0 Å². The third-order valence-corrected chi connectivity index (χ3v) is 3.12. The third-order valence-electron chi connectivity index (χ3n) is 3.12. The predicted octanol–water partition coefficient (Wildman–Crippen LogP) is 2.56. The molecule has 0 aliphatic rings. The number of para-hydroxylation sites is 2. The molecule has 1 N–H and O–H groups in total. The summed E-state index contributed by atoms with van der Waals surface area (Å²) in [5.41, 5.74) is 0. The van der Waals surface area contributed by atoms with Gasteiger partial charge in [0.25, 0.3) is 0 Å². The van der Waals surface area contributed by atoms with Crippen LogP contribution in [0.2, 0.25) is 0 Å². The molecule has 0 aliphatic heterocycles. The highest BCUT2D eigenvalue weighted by Crippen LogP contribution is 2.26. The maximum Gasteiger partial charge on any atom is 0.161 e. The average molecular weight is 281 g/mol. The van der Waals surface area contributed by atoms with Gasteiger partial charge < -0.3 is 14.6 Å². The van der Waals surface area contributed by atoms with Gasteiger partial charge in [-0.2, -0.15) is 0 Å². The molecule has 0 amide bonds. The van der Waals surface area contributed by atoms with E-state index in [9.17, 15) is 0 Å². The number of hydrogen-bond donors (Lipinski definition) is 1. The number of ether oxygens (including phenoxy) is 2. The summed E-state index contributed by atoms with van der Waals surface area (Å²) >= 11 is 0. The number of benzene rings is 1. The smallest absolute Gasteiger partial charge is 0.161 e. The van der Waals surface area contributed by atoms with E-state index in [-0.39, 0.29) is 6.61 Å². The average Bonchev–Trinajstić information content (AvgIpc) is 2.44. The zero-order valence-electron chi connectivity index (χ0n) is 12.8. The van der Waals surface area contributed by atoms with Crippen molar-refractivity contribution in [3.8, 4) is 11.5 Å². The van der Waals surface area contributed by atoms with E-state index in [4.69, 9.17) is 14.6 Å². The lowest BCUT2D eigenvalue weighted by Crippen LogP contribution is -2.35. The lowest BCUT2D eigenvalue weighted by atomic mass is 10.3. The van der Waals surface area contributed by atoms with Crippen LogP contribution in [0.15, 0.2) is 24.3 Å². The monoisotopic (exact) mass is 281 g/mol. The van der Waals surface area contributed by atoms with Crippen molar-refractivity contribution in [3.05, 3.63) is 24.3 Å². The zero-order valence-corrected chi connectivity index (χ0v) is 12.8. The second-order valence-electron chi connectivity index (χ2n) is 4.94. The fraction of sp³-hybridized carbons (Fsp3) is 0.625. The van der Waals surface area contributed by atoms with Crippen LogP contribution in [0.4, 0.5) is 0 Å². The van der Waals surface area contributed by atoms with Crippen LogP contribution in [0.5, 0.6) is 11.5 Å². The van der Waals surface area contributed by atoms with Crippen molar-refractivity contribution in [3.63, 3.8) is 0 Å². The Kier molecular flexibility index (Phi) is 8.07. The maximum absolute atomic E-state index is 8.92. The quantitative estimate of drug-likeness (QED) is 0.715. The van der Waals surface area contributed by atoms with E-state index in [1.165, 1.54) is 0 Å². The summed E-state index contributed by atoms with van der Waals surface area (Å²) in [6, 6.07) is 8.19. The maximum atomic E-state index is 8.92. The molecule has 0 atom stereocenters. The topological polar surface area (TPSA) is 41.9 Å². The van der Waals surface area contributed by atoms with Crippen LogP contribution >= 0.6 is 0 Å². The number of rotatable bonds is 10. The summed E-state index contributed by atoms with van der Waals surface area (Å²) in [4.78, 5) is 2.31. The lowest BCUT2D eigenvalue weighted by molar-refractivity contribution is 0.158. The summed E-state index contributed by atoms with van der Waals surface area (Å²) in [5, 5.41) is 8.92. The molecule has 114 valence electrons. The molecule has 0 saturated carbocycles. The minimum Gasteiger partial charge on any atom is -0.490 e.